The van der Waals surface area contributed by atoms with Crippen LogP contribution in [0.4, 0.5) is 0 Å². The molecule has 3 nitrogen and oxygen atoms in total. The maximum absolute atomic E-state index is 12.1. The minimum Gasteiger partial charge on any atom is -0.327 e. The van der Waals surface area contributed by atoms with E-state index in [1.807, 2.05) is 6.07 Å². The minimum absolute atomic E-state index is 0.366. The van der Waals surface area contributed by atoms with E-state index in [4.69, 9.17) is 5.73 Å². The molecule has 4 heteroatoms. The summed E-state index contributed by atoms with van der Waals surface area (Å²) >= 11 is 0. The van der Waals surface area contributed by atoms with E-state index >= 15 is 0 Å². The molecule has 0 radical (unpaired) electrons. The zero-order valence-electron chi connectivity index (χ0n) is 9.27. The molecule has 0 amide bonds. The number of hydrogen-bond acceptors (Lipinski definition) is 3. The van der Waals surface area contributed by atoms with Crippen molar-refractivity contribution in [2.75, 3.05) is 0 Å². The Balaban J connectivity index is 3.24. The van der Waals surface area contributed by atoms with Crippen molar-refractivity contribution < 1.29 is 8.42 Å². The lowest BCUT2D eigenvalue weighted by Gasteiger charge is -2.17. The predicted octanol–water partition coefficient (Wildman–Crippen LogP) is 1.50. The van der Waals surface area contributed by atoms with Crippen LogP contribution in [-0.4, -0.2) is 19.7 Å². The van der Waals surface area contributed by atoms with Crippen LogP contribution in [0.25, 0.3) is 0 Å². The summed E-state index contributed by atoms with van der Waals surface area (Å²) in [5.74, 6) is 0. The van der Waals surface area contributed by atoms with Gasteiger partial charge in [-0.05, 0) is 32.4 Å². The van der Waals surface area contributed by atoms with Crippen molar-refractivity contribution in [3.05, 3.63) is 29.8 Å². The molecule has 2 atom stereocenters. The van der Waals surface area contributed by atoms with Crippen molar-refractivity contribution in [3.63, 3.8) is 0 Å². The van der Waals surface area contributed by atoms with E-state index in [1.165, 1.54) is 0 Å². The van der Waals surface area contributed by atoms with Crippen LogP contribution < -0.4 is 5.73 Å². The van der Waals surface area contributed by atoms with Crippen molar-refractivity contribution >= 4 is 9.84 Å². The van der Waals surface area contributed by atoms with Crippen molar-refractivity contribution in [1.82, 2.24) is 0 Å². The number of sulfone groups is 1. The third kappa shape index (κ3) is 2.38. The minimum atomic E-state index is -3.29. The second-order valence-electron chi connectivity index (χ2n) is 3.87. The molecule has 2 unspecified atom stereocenters. The Morgan fingerprint density at radius 1 is 1.20 bits per heavy atom. The van der Waals surface area contributed by atoms with Crippen LogP contribution in [-0.2, 0) is 9.84 Å². The smallest absolute Gasteiger partial charge is 0.182 e. The lowest BCUT2D eigenvalue weighted by atomic mass is 10.2. The summed E-state index contributed by atoms with van der Waals surface area (Å²) in [6.07, 6.45) is 0. The fraction of sp³-hybridized carbons (Fsp3) is 0.455. The van der Waals surface area contributed by atoms with Gasteiger partial charge in [-0.3, -0.25) is 0 Å². The van der Waals surface area contributed by atoms with E-state index in [2.05, 4.69) is 0 Å². The zero-order valence-corrected chi connectivity index (χ0v) is 10.1. The van der Waals surface area contributed by atoms with Crippen LogP contribution in [0.1, 0.15) is 19.4 Å². The van der Waals surface area contributed by atoms with E-state index in [1.54, 1.807) is 39.0 Å². The highest BCUT2D eigenvalue weighted by molar-refractivity contribution is 7.92. The Bertz CT molecular complexity index is 438. The molecule has 84 valence electrons. The first-order valence-corrected chi connectivity index (χ1v) is 6.47. The van der Waals surface area contributed by atoms with Crippen LogP contribution in [0.15, 0.2) is 29.2 Å². The van der Waals surface area contributed by atoms with Crippen LogP contribution in [0.2, 0.25) is 0 Å². The quantitative estimate of drug-likeness (QED) is 0.851. The van der Waals surface area contributed by atoms with Gasteiger partial charge in [-0.25, -0.2) is 8.42 Å². The molecule has 0 heterocycles. The third-order valence-electron chi connectivity index (χ3n) is 2.63. The maximum Gasteiger partial charge on any atom is 0.182 e. The molecule has 0 fully saturated rings. The summed E-state index contributed by atoms with van der Waals surface area (Å²) in [4.78, 5) is 0.384. The average Bonchev–Trinajstić information content (AvgIpc) is 2.16. The van der Waals surface area contributed by atoms with Crippen LogP contribution in [0.3, 0.4) is 0 Å². The zero-order chi connectivity index (χ0) is 11.6. The van der Waals surface area contributed by atoms with Gasteiger partial charge < -0.3 is 5.73 Å². The predicted molar refractivity (Wildman–Crippen MR) is 61.5 cm³/mol. The molecular formula is C11H17NO2S. The number of aryl methyl sites for hydroxylation is 1. The Kier molecular flexibility index (Phi) is 3.52. The fourth-order valence-electron chi connectivity index (χ4n) is 1.36. The molecule has 0 aliphatic rings. The SMILES string of the molecule is Cc1ccccc1S(=O)(=O)C(C)C(C)N. The lowest BCUT2D eigenvalue weighted by molar-refractivity contribution is 0.567. The first kappa shape index (κ1) is 12.2. The van der Waals surface area contributed by atoms with Gasteiger partial charge in [-0.15, -0.1) is 0 Å². The largest absolute Gasteiger partial charge is 0.327 e. The third-order valence-corrected chi connectivity index (χ3v) is 5.11. The highest BCUT2D eigenvalue weighted by atomic mass is 32.2. The van der Waals surface area contributed by atoms with Gasteiger partial charge in [0.1, 0.15) is 0 Å². The summed E-state index contributed by atoms with van der Waals surface area (Å²) in [6.45, 7) is 5.15. The van der Waals surface area contributed by atoms with E-state index in [0.717, 1.165) is 5.56 Å². The second-order valence-corrected chi connectivity index (χ2v) is 6.15. The molecule has 15 heavy (non-hydrogen) atoms. The van der Waals surface area contributed by atoms with Gasteiger partial charge in [0.25, 0.3) is 0 Å². The topological polar surface area (TPSA) is 60.2 Å². The molecule has 1 aromatic carbocycles. The van der Waals surface area contributed by atoms with Crippen molar-refractivity contribution in [2.24, 2.45) is 5.73 Å². The summed E-state index contributed by atoms with van der Waals surface area (Å²) in [5, 5.41) is -0.557. The van der Waals surface area contributed by atoms with E-state index in [-0.39, 0.29) is 6.04 Å². The Morgan fingerprint density at radius 3 is 2.20 bits per heavy atom. The molecule has 1 rings (SSSR count). The van der Waals surface area contributed by atoms with E-state index in [0.29, 0.717) is 4.90 Å². The molecule has 2 N–H and O–H groups in total. The van der Waals surface area contributed by atoms with Gasteiger partial charge in [0.05, 0.1) is 10.1 Å². The Hall–Kier alpha value is -0.870. The van der Waals surface area contributed by atoms with Gasteiger partial charge in [0.2, 0.25) is 0 Å². The monoisotopic (exact) mass is 227 g/mol. The summed E-state index contributed by atoms with van der Waals surface area (Å²) in [7, 11) is -3.29. The van der Waals surface area contributed by atoms with Gasteiger partial charge in [0, 0.05) is 6.04 Å². The average molecular weight is 227 g/mol. The highest BCUT2D eigenvalue weighted by Gasteiger charge is 2.27. The summed E-state index contributed by atoms with van der Waals surface area (Å²) < 4.78 is 24.2. The normalized spacial score (nSPS) is 16.0. The van der Waals surface area contributed by atoms with Gasteiger partial charge in [-0.2, -0.15) is 0 Å². The number of hydrogen-bond donors (Lipinski definition) is 1. The standard InChI is InChI=1S/C11H17NO2S/c1-8-6-4-5-7-11(8)15(13,14)10(3)9(2)12/h4-7,9-10H,12H2,1-3H3. The Labute approximate surface area is 91.2 Å². The molecule has 1 aromatic rings. The molecule has 0 spiro atoms. The van der Waals surface area contributed by atoms with Gasteiger partial charge >= 0.3 is 0 Å². The van der Waals surface area contributed by atoms with Gasteiger partial charge in [0.15, 0.2) is 9.84 Å². The van der Waals surface area contributed by atoms with Crippen molar-refractivity contribution in [2.45, 2.75) is 37.0 Å². The highest BCUT2D eigenvalue weighted by Crippen LogP contribution is 2.20. The maximum atomic E-state index is 12.1. The molecule has 0 aliphatic heterocycles. The van der Waals surface area contributed by atoms with Crippen molar-refractivity contribution in [1.29, 1.82) is 0 Å². The second kappa shape index (κ2) is 4.33. The van der Waals surface area contributed by atoms with E-state index in [9.17, 15) is 8.42 Å². The van der Waals surface area contributed by atoms with Crippen molar-refractivity contribution in [3.8, 4) is 0 Å². The van der Waals surface area contributed by atoms with Crippen LogP contribution in [0.5, 0.6) is 0 Å². The first-order valence-electron chi connectivity index (χ1n) is 4.92. The van der Waals surface area contributed by atoms with E-state index < -0.39 is 15.1 Å². The molecule has 0 bridgehead atoms. The number of rotatable bonds is 3. The Morgan fingerprint density at radius 2 is 1.73 bits per heavy atom. The molecule has 0 saturated heterocycles. The lowest BCUT2D eigenvalue weighted by Crippen LogP contribution is -2.36. The molecule has 0 aromatic heterocycles. The number of nitrogens with two attached hydrogens (primary N) is 1. The summed E-state index contributed by atoms with van der Waals surface area (Å²) in [5.41, 5.74) is 6.40. The molecule has 0 saturated carbocycles. The van der Waals surface area contributed by atoms with Crippen LogP contribution in [0, 0.1) is 6.92 Å². The summed E-state index contributed by atoms with van der Waals surface area (Å²) in [6, 6.07) is 6.61. The number of benzene rings is 1. The fourth-order valence-corrected chi connectivity index (χ4v) is 3.11. The molecule has 0 aliphatic carbocycles. The first-order chi connectivity index (χ1) is 6.87. The van der Waals surface area contributed by atoms with Crippen LogP contribution >= 0.6 is 0 Å². The van der Waals surface area contributed by atoms with Gasteiger partial charge in [-0.1, -0.05) is 18.2 Å². The molecular weight excluding hydrogens is 210 g/mol.